The van der Waals surface area contributed by atoms with Crippen molar-refractivity contribution in [1.82, 2.24) is 24.5 Å². The number of pyridine rings is 1. The summed E-state index contributed by atoms with van der Waals surface area (Å²) in [5, 5.41) is 8.69. The molecular formula is C19H23N5O2. The summed E-state index contributed by atoms with van der Waals surface area (Å²) in [6.45, 7) is 8.48. The Morgan fingerprint density at radius 3 is 2.81 bits per heavy atom. The molecule has 7 heteroatoms. The van der Waals surface area contributed by atoms with Crippen molar-refractivity contribution in [3.63, 3.8) is 0 Å². The van der Waals surface area contributed by atoms with E-state index in [0.29, 0.717) is 11.3 Å². The van der Waals surface area contributed by atoms with Crippen LogP contribution in [0.2, 0.25) is 0 Å². The molecule has 1 aliphatic rings. The maximum Gasteiger partial charge on any atom is 0.275 e. The Hall–Kier alpha value is -2.67. The predicted molar refractivity (Wildman–Crippen MR) is 101 cm³/mol. The Balaban J connectivity index is 1.95. The Morgan fingerprint density at radius 1 is 1.38 bits per heavy atom. The lowest BCUT2D eigenvalue weighted by Crippen LogP contribution is -2.19. The molecule has 0 radical (unpaired) electrons. The van der Waals surface area contributed by atoms with Crippen LogP contribution in [0, 0.1) is 13.8 Å². The summed E-state index contributed by atoms with van der Waals surface area (Å²) in [6.07, 6.45) is 4.81. The van der Waals surface area contributed by atoms with Crippen molar-refractivity contribution in [2.45, 2.75) is 39.3 Å². The SMILES string of the molecule is C=Cc1nn(C2CCCCO2)c2c(C)nc(-c3c(C)[nH]n(C)c3=O)cc12. The molecule has 0 saturated carbocycles. The van der Waals surface area contributed by atoms with Gasteiger partial charge in [0.2, 0.25) is 0 Å². The number of hydrogen-bond donors (Lipinski definition) is 1. The Kier molecular flexibility index (Phi) is 4.03. The summed E-state index contributed by atoms with van der Waals surface area (Å²) in [5.41, 5.74) is 4.51. The highest BCUT2D eigenvalue weighted by molar-refractivity contribution is 5.91. The Bertz CT molecular complexity index is 1050. The molecule has 3 aromatic heterocycles. The molecule has 1 aliphatic heterocycles. The van der Waals surface area contributed by atoms with Gasteiger partial charge in [0.25, 0.3) is 5.56 Å². The van der Waals surface area contributed by atoms with E-state index < -0.39 is 0 Å². The number of rotatable bonds is 3. The normalized spacial score (nSPS) is 17.7. The lowest BCUT2D eigenvalue weighted by Gasteiger charge is -2.23. The first-order valence-corrected chi connectivity index (χ1v) is 8.91. The third-order valence-corrected chi connectivity index (χ3v) is 4.99. The van der Waals surface area contributed by atoms with Gasteiger partial charge in [-0.15, -0.1) is 0 Å². The fraction of sp³-hybridized carbons (Fsp3) is 0.421. The number of aromatic nitrogens is 5. The number of aryl methyl sites for hydroxylation is 3. The molecule has 1 saturated heterocycles. The number of aromatic amines is 1. The molecule has 26 heavy (non-hydrogen) atoms. The summed E-state index contributed by atoms with van der Waals surface area (Å²) in [5.74, 6) is 0. The summed E-state index contributed by atoms with van der Waals surface area (Å²) in [4.78, 5) is 17.2. The topological polar surface area (TPSA) is 77.7 Å². The minimum atomic E-state index is -0.0862. The fourth-order valence-electron chi connectivity index (χ4n) is 3.76. The average molecular weight is 353 g/mol. The minimum absolute atomic E-state index is 0.0758. The molecule has 0 aromatic carbocycles. The summed E-state index contributed by atoms with van der Waals surface area (Å²) >= 11 is 0. The lowest BCUT2D eigenvalue weighted by molar-refractivity contribution is -0.0368. The van der Waals surface area contributed by atoms with Crippen molar-refractivity contribution in [2.24, 2.45) is 7.05 Å². The zero-order chi connectivity index (χ0) is 18.4. The van der Waals surface area contributed by atoms with Gasteiger partial charge >= 0.3 is 0 Å². The Morgan fingerprint density at radius 2 is 2.19 bits per heavy atom. The van der Waals surface area contributed by atoms with Crippen molar-refractivity contribution in [3.8, 4) is 11.3 Å². The van der Waals surface area contributed by atoms with E-state index in [2.05, 4.69) is 11.7 Å². The van der Waals surface area contributed by atoms with Crippen LogP contribution in [0.3, 0.4) is 0 Å². The van der Waals surface area contributed by atoms with Crippen molar-refractivity contribution >= 4 is 17.0 Å². The maximum atomic E-state index is 12.5. The third kappa shape index (κ3) is 2.50. The van der Waals surface area contributed by atoms with E-state index in [0.717, 1.165) is 53.9 Å². The van der Waals surface area contributed by atoms with E-state index in [1.165, 1.54) is 4.68 Å². The molecule has 1 fully saturated rings. The van der Waals surface area contributed by atoms with Gasteiger partial charge in [0, 0.05) is 24.7 Å². The molecule has 1 N–H and O–H groups in total. The molecule has 0 spiro atoms. The zero-order valence-electron chi connectivity index (χ0n) is 15.4. The van der Waals surface area contributed by atoms with Gasteiger partial charge in [-0.3, -0.25) is 19.6 Å². The molecule has 1 atom stereocenters. The van der Waals surface area contributed by atoms with E-state index in [1.54, 1.807) is 13.1 Å². The Labute approximate surface area is 151 Å². The number of H-pyrrole nitrogens is 1. The summed E-state index contributed by atoms with van der Waals surface area (Å²) in [6, 6.07) is 1.93. The molecular weight excluding hydrogens is 330 g/mol. The molecule has 136 valence electrons. The molecule has 7 nitrogen and oxygen atoms in total. The van der Waals surface area contributed by atoms with Gasteiger partial charge in [0.1, 0.15) is 0 Å². The molecule has 3 aromatic rings. The number of nitrogens with one attached hydrogen (secondary N) is 1. The lowest BCUT2D eigenvalue weighted by atomic mass is 10.1. The molecule has 0 aliphatic carbocycles. The fourth-order valence-corrected chi connectivity index (χ4v) is 3.76. The van der Waals surface area contributed by atoms with Crippen LogP contribution in [0.4, 0.5) is 0 Å². The van der Waals surface area contributed by atoms with Crippen LogP contribution in [-0.2, 0) is 11.8 Å². The number of fused-ring (bicyclic) bond motifs is 1. The van der Waals surface area contributed by atoms with Gasteiger partial charge in [-0.1, -0.05) is 6.58 Å². The number of ether oxygens (including phenoxy) is 1. The van der Waals surface area contributed by atoms with Gasteiger partial charge in [0.05, 0.1) is 28.2 Å². The summed E-state index contributed by atoms with van der Waals surface area (Å²) < 4.78 is 9.32. The third-order valence-electron chi connectivity index (χ3n) is 4.99. The smallest absolute Gasteiger partial charge is 0.275 e. The van der Waals surface area contributed by atoms with Crippen LogP contribution in [0.15, 0.2) is 17.4 Å². The number of nitrogens with zero attached hydrogens (tertiary/aromatic N) is 4. The van der Waals surface area contributed by atoms with Gasteiger partial charge in [-0.05, 0) is 45.3 Å². The first-order valence-electron chi connectivity index (χ1n) is 8.91. The standard InChI is InChI=1S/C19H23N5O2/c1-5-14-13-10-15(17-11(2)21-23(4)19(17)25)20-12(3)18(13)24(22-14)16-8-6-7-9-26-16/h5,10,16,21H,1,6-9H2,2-4H3. The van der Waals surface area contributed by atoms with Crippen LogP contribution in [-0.4, -0.2) is 31.2 Å². The molecule has 0 amide bonds. The van der Waals surface area contributed by atoms with Crippen molar-refractivity contribution in [2.75, 3.05) is 6.61 Å². The highest BCUT2D eigenvalue weighted by atomic mass is 16.5. The second-order valence-corrected chi connectivity index (χ2v) is 6.82. The van der Waals surface area contributed by atoms with Crippen LogP contribution >= 0.6 is 0 Å². The minimum Gasteiger partial charge on any atom is -0.356 e. The van der Waals surface area contributed by atoms with Crippen molar-refractivity contribution < 1.29 is 4.74 Å². The van der Waals surface area contributed by atoms with Gasteiger partial charge in [-0.25, -0.2) is 4.68 Å². The van der Waals surface area contributed by atoms with Crippen LogP contribution in [0.5, 0.6) is 0 Å². The number of hydrogen-bond acceptors (Lipinski definition) is 4. The average Bonchev–Trinajstić information content (AvgIpc) is 3.13. The van der Waals surface area contributed by atoms with E-state index in [1.807, 2.05) is 24.6 Å². The maximum absolute atomic E-state index is 12.5. The first-order chi connectivity index (χ1) is 12.5. The van der Waals surface area contributed by atoms with E-state index in [-0.39, 0.29) is 11.8 Å². The highest BCUT2D eigenvalue weighted by Gasteiger charge is 2.23. The largest absolute Gasteiger partial charge is 0.356 e. The quantitative estimate of drug-likeness (QED) is 0.785. The van der Waals surface area contributed by atoms with Crippen LogP contribution < -0.4 is 5.56 Å². The van der Waals surface area contributed by atoms with Gasteiger partial charge < -0.3 is 4.74 Å². The van der Waals surface area contributed by atoms with E-state index in [4.69, 9.17) is 14.8 Å². The monoisotopic (exact) mass is 353 g/mol. The molecule has 4 rings (SSSR count). The molecule has 4 heterocycles. The second kappa shape index (κ2) is 6.25. The van der Waals surface area contributed by atoms with Crippen molar-refractivity contribution in [3.05, 3.63) is 40.1 Å². The second-order valence-electron chi connectivity index (χ2n) is 6.82. The highest BCUT2D eigenvalue weighted by Crippen LogP contribution is 2.32. The van der Waals surface area contributed by atoms with Crippen LogP contribution in [0.1, 0.15) is 42.6 Å². The molecule has 1 unspecified atom stereocenters. The van der Waals surface area contributed by atoms with E-state index in [9.17, 15) is 4.79 Å². The van der Waals surface area contributed by atoms with E-state index >= 15 is 0 Å². The zero-order valence-corrected chi connectivity index (χ0v) is 15.4. The predicted octanol–water partition coefficient (Wildman–Crippen LogP) is 3.08. The van der Waals surface area contributed by atoms with Gasteiger partial charge in [-0.2, -0.15) is 5.10 Å². The van der Waals surface area contributed by atoms with Crippen LogP contribution in [0.25, 0.3) is 28.2 Å². The summed E-state index contributed by atoms with van der Waals surface area (Å²) in [7, 11) is 1.71. The molecule has 0 bridgehead atoms. The van der Waals surface area contributed by atoms with Crippen molar-refractivity contribution in [1.29, 1.82) is 0 Å². The first kappa shape index (κ1) is 16.8. The van der Waals surface area contributed by atoms with Gasteiger partial charge in [0.15, 0.2) is 6.23 Å².